The van der Waals surface area contributed by atoms with Gasteiger partial charge in [0.1, 0.15) is 5.75 Å². The van der Waals surface area contributed by atoms with Gasteiger partial charge in [0.05, 0.1) is 17.7 Å². The van der Waals surface area contributed by atoms with Crippen molar-refractivity contribution in [3.63, 3.8) is 0 Å². The second-order valence-corrected chi connectivity index (χ2v) is 5.12. The quantitative estimate of drug-likeness (QED) is 0.342. The van der Waals surface area contributed by atoms with Gasteiger partial charge in [-0.1, -0.05) is 0 Å². The van der Waals surface area contributed by atoms with Crippen molar-refractivity contribution < 1.29 is 28.0 Å². The fourth-order valence-corrected chi connectivity index (χ4v) is 2.14. The standard InChI is InChI=1S/C9H10N2O7S/c1-18-9(13)5-19(16,17)10-7-4-6(11(14)15)2-3-8(7)12/h2-4,10,12H,5H2,1H3. The Morgan fingerprint density at radius 1 is 1.53 bits per heavy atom. The highest BCUT2D eigenvalue weighted by Crippen LogP contribution is 2.28. The lowest BCUT2D eigenvalue weighted by atomic mass is 10.2. The summed E-state index contributed by atoms with van der Waals surface area (Å²) in [5, 5.41) is 19.9. The summed E-state index contributed by atoms with van der Waals surface area (Å²) < 4.78 is 29.1. The van der Waals surface area contributed by atoms with Crippen LogP contribution in [0.1, 0.15) is 0 Å². The number of nitro groups is 1. The average Bonchev–Trinajstić information content (AvgIpc) is 2.30. The molecule has 0 atom stereocenters. The Balaban J connectivity index is 3.02. The number of methoxy groups -OCH3 is 1. The van der Waals surface area contributed by atoms with Crippen LogP contribution in [0.25, 0.3) is 0 Å². The van der Waals surface area contributed by atoms with Crippen LogP contribution in [0.4, 0.5) is 11.4 Å². The Bertz CT molecular complexity index is 611. The van der Waals surface area contributed by atoms with Crippen LogP contribution >= 0.6 is 0 Å². The Morgan fingerprint density at radius 3 is 2.68 bits per heavy atom. The maximum Gasteiger partial charge on any atom is 0.322 e. The van der Waals surface area contributed by atoms with Crippen molar-refractivity contribution in [3.8, 4) is 5.75 Å². The Hall–Kier alpha value is -2.36. The lowest BCUT2D eigenvalue weighted by Gasteiger charge is -2.08. The zero-order valence-electron chi connectivity index (χ0n) is 9.69. The van der Waals surface area contributed by atoms with E-state index in [1.807, 2.05) is 4.72 Å². The van der Waals surface area contributed by atoms with E-state index in [-0.39, 0.29) is 0 Å². The van der Waals surface area contributed by atoms with E-state index in [0.29, 0.717) is 0 Å². The van der Waals surface area contributed by atoms with Gasteiger partial charge < -0.3 is 9.84 Å². The van der Waals surface area contributed by atoms with Gasteiger partial charge in [-0.2, -0.15) is 0 Å². The monoisotopic (exact) mass is 290 g/mol. The Kier molecular flexibility index (Phi) is 4.27. The van der Waals surface area contributed by atoms with Gasteiger partial charge in [-0.25, -0.2) is 8.42 Å². The van der Waals surface area contributed by atoms with Crippen molar-refractivity contribution >= 4 is 27.4 Å². The zero-order chi connectivity index (χ0) is 14.6. The summed E-state index contributed by atoms with van der Waals surface area (Å²) in [5.74, 6) is -2.47. The van der Waals surface area contributed by atoms with E-state index < -0.39 is 43.8 Å². The van der Waals surface area contributed by atoms with Gasteiger partial charge in [0.2, 0.25) is 10.0 Å². The number of hydrogen-bond donors (Lipinski definition) is 2. The molecular weight excluding hydrogens is 280 g/mol. The number of benzene rings is 1. The minimum atomic E-state index is -4.12. The summed E-state index contributed by atoms with van der Waals surface area (Å²) in [6, 6.07) is 2.81. The number of carbonyl (C=O) groups is 1. The number of sulfonamides is 1. The largest absolute Gasteiger partial charge is 0.506 e. The number of phenols is 1. The molecule has 0 aliphatic rings. The van der Waals surface area contributed by atoms with Crippen LogP contribution in [0.3, 0.4) is 0 Å². The third-order valence-corrected chi connectivity index (χ3v) is 3.14. The summed E-state index contributed by atoms with van der Waals surface area (Å²) in [6.45, 7) is 0. The van der Waals surface area contributed by atoms with Crippen LogP contribution < -0.4 is 4.72 Å². The van der Waals surface area contributed by atoms with Gasteiger partial charge in [-0.05, 0) is 6.07 Å². The molecular formula is C9H10N2O7S. The molecule has 2 N–H and O–H groups in total. The van der Waals surface area contributed by atoms with E-state index in [1.165, 1.54) is 0 Å². The van der Waals surface area contributed by atoms with Gasteiger partial charge in [-0.15, -0.1) is 0 Å². The zero-order valence-corrected chi connectivity index (χ0v) is 10.5. The van der Waals surface area contributed by atoms with Gasteiger partial charge in [0.25, 0.3) is 5.69 Å². The lowest BCUT2D eigenvalue weighted by molar-refractivity contribution is -0.384. The average molecular weight is 290 g/mol. The van der Waals surface area contributed by atoms with Gasteiger partial charge in [-0.3, -0.25) is 19.6 Å². The summed E-state index contributed by atoms with van der Waals surface area (Å²) in [6.07, 6.45) is 0. The first kappa shape index (κ1) is 14.7. The highest BCUT2D eigenvalue weighted by atomic mass is 32.2. The number of rotatable bonds is 5. The molecule has 0 aliphatic carbocycles. The number of phenolic OH excluding ortho intramolecular Hbond substituents is 1. The molecule has 0 saturated carbocycles. The number of nitro benzene ring substituents is 1. The molecule has 0 radical (unpaired) electrons. The van der Waals surface area contributed by atoms with Crippen molar-refractivity contribution in [3.05, 3.63) is 28.3 Å². The van der Waals surface area contributed by atoms with Gasteiger partial charge >= 0.3 is 5.97 Å². The number of nitrogens with one attached hydrogen (secondary N) is 1. The normalized spacial score (nSPS) is 10.8. The first-order chi connectivity index (χ1) is 8.75. The molecule has 104 valence electrons. The predicted octanol–water partition coefficient (Wildman–Crippen LogP) is 0.215. The number of nitrogens with zero attached hydrogens (tertiary/aromatic N) is 1. The van der Waals surface area contributed by atoms with Crippen LogP contribution in [0.2, 0.25) is 0 Å². The van der Waals surface area contributed by atoms with Crippen molar-refractivity contribution in [1.82, 2.24) is 0 Å². The van der Waals surface area contributed by atoms with Crippen LogP contribution in [0, 0.1) is 10.1 Å². The highest BCUT2D eigenvalue weighted by Gasteiger charge is 2.20. The molecule has 0 fully saturated rings. The number of aromatic hydroxyl groups is 1. The number of esters is 1. The molecule has 0 unspecified atom stereocenters. The molecule has 0 saturated heterocycles. The van der Waals surface area contributed by atoms with Crippen molar-refractivity contribution in [1.29, 1.82) is 0 Å². The van der Waals surface area contributed by atoms with E-state index in [2.05, 4.69) is 4.74 Å². The first-order valence-electron chi connectivity index (χ1n) is 4.80. The molecule has 0 amide bonds. The second kappa shape index (κ2) is 5.52. The Morgan fingerprint density at radius 2 is 2.16 bits per heavy atom. The summed E-state index contributed by atoms with van der Waals surface area (Å²) in [7, 11) is -3.10. The molecule has 10 heteroatoms. The molecule has 19 heavy (non-hydrogen) atoms. The smallest absolute Gasteiger partial charge is 0.322 e. The van der Waals surface area contributed by atoms with Crippen LogP contribution in [-0.4, -0.2) is 37.3 Å². The third-order valence-electron chi connectivity index (χ3n) is 1.99. The molecule has 1 rings (SSSR count). The van der Waals surface area contributed by atoms with Crippen molar-refractivity contribution in [2.45, 2.75) is 0 Å². The summed E-state index contributed by atoms with van der Waals surface area (Å²) in [4.78, 5) is 20.6. The molecule has 1 aromatic rings. The molecule has 1 aromatic carbocycles. The van der Waals surface area contributed by atoms with E-state index in [9.17, 15) is 28.4 Å². The van der Waals surface area contributed by atoms with Gasteiger partial charge in [0, 0.05) is 12.1 Å². The predicted molar refractivity (Wildman–Crippen MR) is 64.2 cm³/mol. The molecule has 0 heterocycles. The number of non-ortho nitro benzene ring substituents is 1. The molecule has 9 nitrogen and oxygen atoms in total. The number of carbonyl (C=O) groups excluding carboxylic acids is 1. The van der Waals surface area contributed by atoms with E-state index in [4.69, 9.17) is 0 Å². The van der Waals surface area contributed by atoms with Gasteiger partial charge in [0.15, 0.2) is 5.75 Å². The molecule has 0 aromatic heterocycles. The maximum atomic E-state index is 11.5. The van der Waals surface area contributed by atoms with E-state index >= 15 is 0 Å². The SMILES string of the molecule is COC(=O)CS(=O)(=O)Nc1cc([N+](=O)[O-])ccc1O. The minimum Gasteiger partial charge on any atom is -0.506 e. The Labute approximate surface area is 108 Å². The number of hydrogen-bond acceptors (Lipinski definition) is 7. The third kappa shape index (κ3) is 4.10. The minimum absolute atomic E-state index is 0.391. The number of ether oxygens (including phenoxy) is 1. The van der Waals surface area contributed by atoms with Crippen molar-refractivity contribution in [2.24, 2.45) is 0 Å². The second-order valence-electron chi connectivity index (χ2n) is 3.40. The first-order valence-corrected chi connectivity index (χ1v) is 6.45. The maximum absolute atomic E-state index is 11.5. The van der Waals surface area contributed by atoms with Crippen LogP contribution in [-0.2, 0) is 19.6 Å². The molecule has 0 bridgehead atoms. The topological polar surface area (TPSA) is 136 Å². The summed E-state index contributed by atoms with van der Waals surface area (Å²) >= 11 is 0. The fraction of sp³-hybridized carbons (Fsp3) is 0.222. The molecule has 0 spiro atoms. The fourth-order valence-electron chi connectivity index (χ4n) is 1.14. The van der Waals surface area contributed by atoms with Crippen LogP contribution in [0.15, 0.2) is 18.2 Å². The molecule has 0 aliphatic heterocycles. The van der Waals surface area contributed by atoms with E-state index in [1.54, 1.807) is 0 Å². The summed E-state index contributed by atoms with van der Waals surface area (Å²) in [5.41, 5.74) is -0.799. The highest BCUT2D eigenvalue weighted by molar-refractivity contribution is 7.93. The lowest BCUT2D eigenvalue weighted by Crippen LogP contribution is -2.23. The van der Waals surface area contributed by atoms with E-state index in [0.717, 1.165) is 25.3 Å². The number of anilines is 1. The van der Waals surface area contributed by atoms with Crippen molar-refractivity contribution in [2.75, 3.05) is 17.6 Å². The van der Waals surface area contributed by atoms with Crippen LogP contribution in [0.5, 0.6) is 5.75 Å².